The van der Waals surface area contributed by atoms with E-state index in [0.29, 0.717) is 0 Å². The summed E-state index contributed by atoms with van der Waals surface area (Å²) >= 11 is 0. The Hall–Kier alpha value is -1.06. The van der Waals surface area contributed by atoms with Crippen LogP contribution in [0.4, 0.5) is 0 Å². The van der Waals surface area contributed by atoms with Gasteiger partial charge in [-0.25, -0.2) is 9.48 Å². The number of aryl methyl sites for hydroxylation is 1. The van der Waals surface area contributed by atoms with Crippen LogP contribution in [0.3, 0.4) is 0 Å². The van der Waals surface area contributed by atoms with E-state index in [2.05, 4.69) is 11.9 Å². The first-order chi connectivity index (χ1) is 5.25. The minimum absolute atomic E-state index is 0.152. The van der Waals surface area contributed by atoms with Crippen LogP contribution in [0.25, 0.3) is 0 Å². The van der Waals surface area contributed by atoms with E-state index in [1.807, 2.05) is 7.05 Å². The second-order valence-electron chi connectivity index (χ2n) is 2.58. The Balaban J connectivity index is 2.75. The lowest BCUT2D eigenvalue weighted by Gasteiger charge is -2.02. The Bertz CT molecular complexity index is 273. The first kappa shape index (κ1) is 8.04. The molecule has 0 saturated carbocycles. The van der Waals surface area contributed by atoms with E-state index < -0.39 is 0 Å². The molecule has 0 atom stereocenters. The van der Waals surface area contributed by atoms with Gasteiger partial charge in [0.25, 0.3) is 0 Å². The Kier molecular flexibility index (Phi) is 2.46. The lowest BCUT2D eigenvalue weighted by atomic mass is 10.3. The van der Waals surface area contributed by atoms with Crippen molar-refractivity contribution in [3.8, 4) is 0 Å². The van der Waals surface area contributed by atoms with Gasteiger partial charge in [-0.15, -0.1) is 0 Å². The van der Waals surface area contributed by atoms with Gasteiger partial charge in [-0.1, -0.05) is 13.3 Å². The normalized spacial score (nSPS) is 10.4. The van der Waals surface area contributed by atoms with E-state index in [1.165, 1.54) is 6.33 Å². The molecule has 1 aromatic rings. The van der Waals surface area contributed by atoms with Gasteiger partial charge in [-0.05, 0) is 6.42 Å². The van der Waals surface area contributed by atoms with Crippen LogP contribution >= 0.6 is 0 Å². The van der Waals surface area contributed by atoms with E-state index >= 15 is 0 Å². The van der Waals surface area contributed by atoms with E-state index in [-0.39, 0.29) is 5.69 Å². The molecule has 0 bridgehead atoms. The molecule has 11 heavy (non-hydrogen) atoms. The third kappa shape index (κ3) is 1.69. The van der Waals surface area contributed by atoms with Crippen molar-refractivity contribution in [1.29, 1.82) is 0 Å². The first-order valence-corrected chi connectivity index (χ1v) is 3.84. The van der Waals surface area contributed by atoms with Gasteiger partial charge >= 0.3 is 5.69 Å². The summed E-state index contributed by atoms with van der Waals surface area (Å²) in [7, 11) is 1.82. The average molecular weight is 155 g/mol. The standard InChI is InChI=1S/C7H13N3O/c1-3-4-5-10-7(11)8-6-9(10)2/h6H,3-5H2,1-2H3. The quantitative estimate of drug-likeness (QED) is 0.633. The van der Waals surface area contributed by atoms with Crippen LogP contribution in [0.1, 0.15) is 19.8 Å². The van der Waals surface area contributed by atoms with Crippen LogP contribution in [0, 0.1) is 0 Å². The molecule has 0 aliphatic heterocycles. The lowest BCUT2D eigenvalue weighted by Crippen LogP contribution is -2.22. The highest BCUT2D eigenvalue weighted by Crippen LogP contribution is 1.89. The maximum Gasteiger partial charge on any atom is 0.363 e. The smallest absolute Gasteiger partial charge is 0.273 e. The molecule has 1 aromatic heterocycles. The van der Waals surface area contributed by atoms with Crippen LogP contribution in [0.2, 0.25) is 0 Å². The van der Waals surface area contributed by atoms with Crippen molar-refractivity contribution in [2.75, 3.05) is 0 Å². The van der Waals surface area contributed by atoms with Gasteiger partial charge in [0, 0.05) is 13.6 Å². The largest absolute Gasteiger partial charge is 0.363 e. The van der Waals surface area contributed by atoms with Gasteiger partial charge in [-0.2, -0.15) is 4.98 Å². The van der Waals surface area contributed by atoms with Crippen molar-refractivity contribution >= 4 is 0 Å². The summed E-state index contributed by atoms with van der Waals surface area (Å²) in [6.07, 6.45) is 3.66. The summed E-state index contributed by atoms with van der Waals surface area (Å²) in [5.41, 5.74) is -0.152. The van der Waals surface area contributed by atoms with Gasteiger partial charge in [0.15, 0.2) is 0 Å². The molecule has 0 saturated heterocycles. The minimum atomic E-state index is -0.152. The second kappa shape index (κ2) is 3.37. The highest BCUT2D eigenvalue weighted by Gasteiger charge is 1.98. The van der Waals surface area contributed by atoms with Gasteiger partial charge in [-0.3, -0.25) is 4.68 Å². The zero-order valence-corrected chi connectivity index (χ0v) is 6.95. The Morgan fingerprint density at radius 2 is 2.36 bits per heavy atom. The number of nitrogens with zero attached hydrogens (tertiary/aromatic N) is 3. The Labute approximate surface area is 65.5 Å². The topological polar surface area (TPSA) is 39.8 Å². The molecule has 1 rings (SSSR count). The highest BCUT2D eigenvalue weighted by atomic mass is 16.2. The molecular weight excluding hydrogens is 142 g/mol. The van der Waals surface area contributed by atoms with Crippen LogP contribution in [0.15, 0.2) is 11.1 Å². The Morgan fingerprint density at radius 1 is 1.64 bits per heavy atom. The van der Waals surface area contributed by atoms with Gasteiger partial charge in [0.1, 0.15) is 6.33 Å². The van der Waals surface area contributed by atoms with E-state index in [9.17, 15) is 4.79 Å². The number of aromatic nitrogens is 3. The highest BCUT2D eigenvalue weighted by molar-refractivity contribution is 4.62. The monoisotopic (exact) mass is 155 g/mol. The van der Waals surface area contributed by atoms with Crippen LogP contribution in [-0.2, 0) is 13.6 Å². The van der Waals surface area contributed by atoms with Crippen LogP contribution < -0.4 is 5.69 Å². The molecule has 0 spiro atoms. The van der Waals surface area contributed by atoms with Crippen molar-refractivity contribution in [1.82, 2.24) is 14.3 Å². The zero-order valence-electron chi connectivity index (χ0n) is 6.95. The third-order valence-electron chi connectivity index (χ3n) is 1.66. The fraction of sp³-hybridized carbons (Fsp3) is 0.714. The predicted molar refractivity (Wildman–Crippen MR) is 42.4 cm³/mol. The summed E-state index contributed by atoms with van der Waals surface area (Å²) in [5.74, 6) is 0. The molecule has 4 heteroatoms. The molecule has 4 nitrogen and oxygen atoms in total. The summed E-state index contributed by atoms with van der Waals surface area (Å²) in [5, 5.41) is 0. The molecule has 0 amide bonds. The first-order valence-electron chi connectivity index (χ1n) is 3.84. The van der Waals surface area contributed by atoms with Crippen LogP contribution in [0.5, 0.6) is 0 Å². The summed E-state index contributed by atoms with van der Waals surface area (Å²) < 4.78 is 3.35. The van der Waals surface area contributed by atoms with Gasteiger partial charge in [0.2, 0.25) is 0 Å². The van der Waals surface area contributed by atoms with Crippen molar-refractivity contribution in [2.45, 2.75) is 26.3 Å². The van der Waals surface area contributed by atoms with Crippen molar-refractivity contribution in [3.63, 3.8) is 0 Å². The summed E-state index contributed by atoms with van der Waals surface area (Å²) in [6, 6.07) is 0. The number of hydrogen-bond donors (Lipinski definition) is 0. The molecular formula is C7H13N3O. The molecule has 0 N–H and O–H groups in total. The lowest BCUT2D eigenvalue weighted by molar-refractivity contribution is 0.474. The molecule has 0 aliphatic rings. The number of rotatable bonds is 3. The van der Waals surface area contributed by atoms with E-state index in [0.717, 1.165) is 19.4 Å². The van der Waals surface area contributed by atoms with Gasteiger partial charge in [0.05, 0.1) is 0 Å². The SMILES string of the molecule is CCCCn1c(=O)ncn1C. The van der Waals surface area contributed by atoms with Crippen molar-refractivity contribution in [3.05, 3.63) is 16.8 Å². The summed E-state index contributed by atoms with van der Waals surface area (Å²) in [6.45, 7) is 2.87. The minimum Gasteiger partial charge on any atom is -0.273 e. The molecule has 0 radical (unpaired) electrons. The maximum atomic E-state index is 11.0. The third-order valence-corrected chi connectivity index (χ3v) is 1.66. The average Bonchev–Trinajstić information content (AvgIpc) is 2.29. The van der Waals surface area contributed by atoms with Crippen LogP contribution in [-0.4, -0.2) is 14.3 Å². The summed E-state index contributed by atoms with van der Waals surface area (Å²) in [4.78, 5) is 14.6. The van der Waals surface area contributed by atoms with E-state index in [4.69, 9.17) is 0 Å². The van der Waals surface area contributed by atoms with E-state index in [1.54, 1.807) is 9.36 Å². The fourth-order valence-electron chi connectivity index (χ4n) is 0.958. The molecule has 0 aliphatic carbocycles. The fourth-order valence-corrected chi connectivity index (χ4v) is 0.958. The molecule has 62 valence electrons. The molecule has 0 unspecified atom stereocenters. The Morgan fingerprint density at radius 3 is 2.82 bits per heavy atom. The second-order valence-corrected chi connectivity index (χ2v) is 2.58. The number of unbranched alkanes of at least 4 members (excludes halogenated alkanes) is 1. The van der Waals surface area contributed by atoms with Gasteiger partial charge < -0.3 is 0 Å². The zero-order chi connectivity index (χ0) is 8.27. The molecule has 1 heterocycles. The molecule has 0 aromatic carbocycles. The predicted octanol–water partition coefficient (Wildman–Crippen LogP) is 0.382. The molecule has 0 fully saturated rings. The van der Waals surface area contributed by atoms with Crippen molar-refractivity contribution in [2.24, 2.45) is 7.05 Å². The number of hydrogen-bond acceptors (Lipinski definition) is 2. The van der Waals surface area contributed by atoms with Crippen molar-refractivity contribution < 1.29 is 0 Å². The maximum absolute atomic E-state index is 11.0.